The van der Waals surface area contributed by atoms with Crippen LogP contribution in [-0.4, -0.2) is 18.1 Å². The third-order valence-electron chi connectivity index (χ3n) is 3.72. The smallest absolute Gasteiger partial charge is 0.457 e. The summed E-state index contributed by atoms with van der Waals surface area (Å²) in [5.41, 5.74) is 1.63. The van der Waals surface area contributed by atoms with E-state index in [4.69, 9.17) is 16.3 Å². The summed E-state index contributed by atoms with van der Waals surface area (Å²) in [5.74, 6) is -2.90. The maximum absolute atomic E-state index is 12.4. The zero-order chi connectivity index (χ0) is 19.5. The Morgan fingerprint density at radius 2 is 1.81 bits per heavy atom. The molecule has 138 valence electrons. The van der Waals surface area contributed by atoms with Crippen molar-refractivity contribution in [3.05, 3.63) is 63.7 Å². The highest BCUT2D eigenvalue weighted by Crippen LogP contribution is 2.27. The molecule has 0 aliphatic rings. The standard InChI is InChI=1S/C18H15ClF3NO3/c1-10-5-3-4-6-12(10)9-26-16(24)14-7-13(19)8-15(11(14)2)23-17(25)18(20,21)22/h3-8H,9H2,1-2H3,(H,23,25). The van der Waals surface area contributed by atoms with E-state index in [1.807, 2.05) is 19.1 Å². The first-order valence-corrected chi connectivity index (χ1v) is 7.87. The molecule has 0 bridgehead atoms. The van der Waals surface area contributed by atoms with Crippen LogP contribution in [0.25, 0.3) is 0 Å². The first-order valence-electron chi connectivity index (χ1n) is 7.49. The Kier molecular flexibility index (Phi) is 5.92. The van der Waals surface area contributed by atoms with Gasteiger partial charge in [-0.05, 0) is 42.7 Å². The Morgan fingerprint density at radius 1 is 1.15 bits per heavy atom. The second-order valence-corrected chi connectivity index (χ2v) is 6.02. The Labute approximate surface area is 152 Å². The van der Waals surface area contributed by atoms with Gasteiger partial charge in [-0.25, -0.2) is 4.79 Å². The third-order valence-corrected chi connectivity index (χ3v) is 3.94. The van der Waals surface area contributed by atoms with E-state index in [1.165, 1.54) is 13.0 Å². The number of benzene rings is 2. The second-order valence-electron chi connectivity index (χ2n) is 5.58. The summed E-state index contributed by atoms with van der Waals surface area (Å²) in [6.07, 6.45) is -5.06. The summed E-state index contributed by atoms with van der Waals surface area (Å²) in [7, 11) is 0. The fourth-order valence-corrected chi connectivity index (χ4v) is 2.43. The lowest BCUT2D eigenvalue weighted by molar-refractivity contribution is -0.167. The van der Waals surface area contributed by atoms with Gasteiger partial charge in [-0.1, -0.05) is 35.9 Å². The van der Waals surface area contributed by atoms with Crippen LogP contribution in [0.4, 0.5) is 18.9 Å². The monoisotopic (exact) mass is 385 g/mol. The summed E-state index contributed by atoms with van der Waals surface area (Å²) >= 11 is 5.87. The molecule has 0 spiro atoms. The van der Waals surface area contributed by atoms with Crippen molar-refractivity contribution < 1.29 is 27.5 Å². The molecule has 26 heavy (non-hydrogen) atoms. The zero-order valence-corrected chi connectivity index (χ0v) is 14.7. The molecule has 0 atom stereocenters. The predicted molar refractivity (Wildman–Crippen MR) is 91.2 cm³/mol. The lowest BCUT2D eigenvalue weighted by Gasteiger charge is -2.14. The van der Waals surface area contributed by atoms with Gasteiger partial charge >= 0.3 is 18.1 Å². The maximum Gasteiger partial charge on any atom is 0.471 e. The van der Waals surface area contributed by atoms with Crippen molar-refractivity contribution in [2.75, 3.05) is 5.32 Å². The molecule has 0 unspecified atom stereocenters. The summed E-state index contributed by atoms with van der Waals surface area (Å²) in [4.78, 5) is 23.5. The molecule has 0 saturated heterocycles. The minimum atomic E-state index is -5.06. The molecule has 1 amide bonds. The lowest BCUT2D eigenvalue weighted by Crippen LogP contribution is -2.30. The van der Waals surface area contributed by atoms with Gasteiger partial charge in [0.2, 0.25) is 0 Å². The number of ether oxygens (including phenoxy) is 1. The highest BCUT2D eigenvalue weighted by Gasteiger charge is 2.39. The summed E-state index contributed by atoms with van der Waals surface area (Å²) in [5, 5.41) is 1.71. The molecule has 0 radical (unpaired) electrons. The van der Waals surface area contributed by atoms with Gasteiger partial charge in [0.1, 0.15) is 6.61 Å². The molecular formula is C18H15ClF3NO3. The van der Waals surface area contributed by atoms with Crippen molar-refractivity contribution in [2.45, 2.75) is 26.6 Å². The average molecular weight is 386 g/mol. The van der Waals surface area contributed by atoms with Crippen molar-refractivity contribution in [1.29, 1.82) is 0 Å². The number of carbonyl (C=O) groups excluding carboxylic acids is 2. The molecule has 0 fully saturated rings. The molecule has 0 heterocycles. The van der Waals surface area contributed by atoms with Gasteiger partial charge in [0, 0.05) is 10.7 Å². The fourth-order valence-electron chi connectivity index (χ4n) is 2.21. The van der Waals surface area contributed by atoms with Crippen LogP contribution in [0, 0.1) is 13.8 Å². The van der Waals surface area contributed by atoms with E-state index < -0.39 is 18.1 Å². The number of alkyl halides is 3. The summed E-state index contributed by atoms with van der Waals surface area (Å²) in [6, 6.07) is 9.71. The number of esters is 1. The number of hydrogen-bond acceptors (Lipinski definition) is 3. The number of carbonyl (C=O) groups is 2. The molecule has 0 aliphatic carbocycles. The second kappa shape index (κ2) is 7.78. The van der Waals surface area contributed by atoms with E-state index in [1.54, 1.807) is 17.4 Å². The van der Waals surface area contributed by atoms with Crippen molar-refractivity contribution in [2.24, 2.45) is 0 Å². The van der Waals surface area contributed by atoms with Crippen molar-refractivity contribution in [3.63, 3.8) is 0 Å². The Hall–Kier alpha value is -2.54. The molecule has 0 aromatic heterocycles. The van der Waals surface area contributed by atoms with E-state index >= 15 is 0 Å². The normalized spacial score (nSPS) is 11.2. The number of aryl methyl sites for hydroxylation is 1. The predicted octanol–water partition coefficient (Wildman–Crippen LogP) is 4.81. The minimum Gasteiger partial charge on any atom is -0.457 e. The van der Waals surface area contributed by atoms with Gasteiger partial charge in [0.25, 0.3) is 0 Å². The van der Waals surface area contributed by atoms with Gasteiger partial charge < -0.3 is 10.1 Å². The van der Waals surface area contributed by atoms with E-state index in [9.17, 15) is 22.8 Å². The number of rotatable bonds is 4. The first kappa shape index (κ1) is 19.8. The molecule has 2 aromatic rings. The van der Waals surface area contributed by atoms with Crippen molar-refractivity contribution >= 4 is 29.2 Å². The van der Waals surface area contributed by atoms with Gasteiger partial charge in [-0.3, -0.25) is 4.79 Å². The van der Waals surface area contributed by atoms with Crippen LogP contribution in [0.2, 0.25) is 5.02 Å². The molecule has 2 aromatic carbocycles. The molecule has 0 aliphatic heterocycles. The molecule has 0 saturated carbocycles. The number of amides is 1. The lowest BCUT2D eigenvalue weighted by atomic mass is 10.1. The van der Waals surface area contributed by atoms with Crippen LogP contribution in [0.1, 0.15) is 27.0 Å². The van der Waals surface area contributed by atoms with Gasteiger partial charge in [0.15, 0.2) is 0 Å². The average Bonchev–Trinajstić information content (AvgIpc) is 2.55. The van der Waals surface area contributed by atoms with E-state index in [2.05, 4.69) is 0 Å². The van der Waals surface area contributed by atoms with Crippen molar-refractivity contribution in [3.8, 4) is 0 Å². The van der Waals surface area contributed by atoms with Crippen LogP contribution in [0.3, 0.4) is 0 Å². The summed E-state index contributed by atoms with van der Waals surface area (Å²) < 4.78 is 42.5. The van der Waals surface area contributed by atoms with E-state index in [0.717, 1.165) is 17.2 Å². The highest BCUT2D eigenvalue weighted by molar-refractivity contribution is 6.31. The SMILES string of the molecule is Cc1ccccc1COC(=O)c1cc(Cl)cc(NC(=O)C(F)(F)F)c1C. The van der Waals surface area contributed by atoms with Crippen LogP contribution in [-0.2, 0) is 16.1 Å². The number of anilines is 1. The van der Waals surface area contributed by atoms with Crippen LogP contribution in [0.15, 0.2) is 36.4 Å². The topological polar surface area (TPSA) is 55.4 Å². The quantitative estimate of drug-likeness (QED) is 0.768. The minimum absolute atomic E-state index is 0.00169. The van der Waals surface area contributed by atoms with Crippen LogP contribution < -0.4 is 5.32 Å². The summed E-state index contributed by atoms with van der Waals surface area (Å²) in [6.45, 7) is 3.26. The number of nitrogens with one attached hydrogen (secondary N) is 1. The first-order chi connectivity index (χ1) is 12.1. The van der Waals surface area contributed by atoms with Crippen LogP contribution in [0.5, 0.6) is 0 Å². The van der Waals surface area contributed by atoms with Crippen molar-refractivity contribution in [1.82, 2.24) is 0 Å². The molecule has 2 rings (SSSR count). The zero-order valence-electron chi connectivity index (χ0n) is 13.9. The third kappa shape index (κ3) is 4.76. The Bertz CT molecular complexity index is 850. The maximum atomic E-state index is 12.4. The van der Waals surface area contributed by atoms with Gasteiger partial charge in [0.05, 0.1) is 5.56 Å². The number of hydrogen-bond donors (Lipinski definition) is 1. The number of halogens is 4. The van der Waals surface area contributed by atoms with Gasteiger partial charge in [-0.15, -0.1) is 0 Å². The highest BCUT2D eigenvalue weighted by atomic mass is 35.5. The molecule has 8 heteroatoms. The van der Waals surface area contributed by atoms with E-state index in [0.29, 0.717) is 0 Å². The van der Waals surface area contributed by atoms with Crippen LogP contribution >= 0.6 is 11.6 Å². The molecular weight excluding hydrogens is 371 g/mol. The van der Waals surface area contributed by atoms with E-state index in [-0.39, 0.29) is 28.4 Å². The molecule has 1 N–H and O–H groups in total. The Morgan fingerprint density at radius 3 is 2.42 bits per heavy atom. The largest absolute Gasteiger partial charge is 0.471 e. The van der Waals surface area contributed by atoms with Gasteiger partial charge in [-0.2, -0.15) is 13.2 Å². The molecule has 4 nitrogen and oxygen atoms in total. The fraction of sp³-hybridized carbons (Fsp3) is 0.222. The Balaban J connectivity index is 2.22.